The Morgan fingerprint density at radius 3 is 2.73 bits per heavy atom. The number of fused-ring (bicyclic) bond motifs is 1. The molecule has 0 spiro atoms. The predicted molar refractivity (Wildman–Crippen MR) is 103 cm³/mol. The topological polar surface area (TPSA) is 34.5 Å². The Kier molecular flexibility index (Phi) is 4.41. The summed E-state index contributed by atoms with van der Waals surface area (Å²) in [5, 5.41) is 1.09. The number of benzene rings is 2. The van der Waals surface area contributed by atoms with E-state index in [4.69, 9.17) is 4.74 Å². The van der Waals surface area contributed by atoms with Crippen molar-refractivity contribution in [1.82, 2.24) is 9.47 Å². The van der Waals surface area contributed by atoms with Crippen molar-refractivity contribution >= 4 is 16.8 Å². The molecule has 0 N–H and O–H groups in total. The van der Waals surface area contributed by atoms with E-state index in [-0.39, 0.29) is 11.9 Å². The van der Waals surface area contributed by atoms with Crippen molar-refractivity contribution in [2.75, 3.05) is 13.7 Å². The summed E-state index contributed by atoms with van der Waals surface area (Å²) in [6.45, 7) is 3.30. The molecule has 4 rings (SSSR count). The van der Waals surface area contributed by atoms with E-state index in [1.807, 2.05) is 39.9 Å². The van der Waals surface area contributed by atoms with Crippen LogP contribution in [0, 0.1) is 6.92 Å². The molecule has 26 heavy (non-hydrogen) atoms. The normalized spacial score (nSPS) is 17.0. The van der Waals surface area contributed by atoms with Gasteiger partial charge in [0.1, 0.15) is 12.3 Å². The maximum Gasteiger partial charge on any atom is 0.243 e. The molecule has 2 aromatic carbocycles. The number of aryl methyl sites for hydroxylation is 1. The van der Waals surface area contributed by atoms with E-state index < -0.39 is 0 Å². The van der Waals surface area contributed by atoms with Gasteiger partial charge in [-0.1, -0.05) is 29.8 Å². The van der Waals surface area contributed by atoms with Crippen molar-refractivity contribution in [3.63, 3.8) is 0 Å². The van der Waals surface area contributed by atoms with Crippen molar-refractivity contribution in [1.29, 1.82) is 0 Å². The molecule has 1 amide bonds. The van der Waals surface area contributed by atoms with Crippen LogP contribution in [-0.2, 0) is 11.3 Å². The minimum absolute atomic E-state index is 0.182. The van der Waals surface area contributed by atoms with Crippen LogP contribution >= 0.6 is 0 Å². The minimum Gasteiger partial charge on any atom is -0.497 e. The van der Waals surface area contributed by atoms with E-state index in [0.29, 0.717) is 6.54 Å². The maximum atomic E-state index is 13.0. The number of carbonyl (C=O) groups excluding carboxylic acids is 1. The van der Waals surface area contributed by atoms with Gasteiger partial charge < -0.3 is 14.2 Å². The maximum absolute atomic E-state index is 13.0. The Labute approximate surface area is 154 Å². The van der Waals surface area contributed by atoms with Gasteiger partial charge >= 0.3 is 0 Å². The highest BCUT2D eigenvalue weighted by molar-refractivity contribution is 5.84. The molecular formula is C22H24N2O2. The molecule has 4 nitrogen and oxygen atoms in total. The summed E-state index contributed by atoms with van der Waals surface area (Å²) in [5.41, 5.74) is 3.55. The Bertz CT molecular complexity index is 927. The van der Waals surface area contributed by atoms with Gasteiger partial charge in [-0.3, -0.25) is 4.79 Å². The summed E-state index contributed by atoms with van der Waals surface area (Å²) < 4.78 is 7.31. The number of hydrogen-bond donors (Lipinski definition) is 0. The van der Waals surface area contributed by atoms with Gasteiger partial charge in [0.15, 0.2) is 0 Å². The molecule has 1 aromatic heterocycles. The van der Waals surface area contributed by atoms with E-state index in [9.17, 15) is 4.79 Å². The Hall–Kier alpha value is -2.75. The number of likely N-dealkylation sites (tertiary alicyclic amines) is 1. The van der Waals surface area contributed by atoms with Crippen molar-refractivity contribution < 1.29 is 9.53 Å². The molecule has 4 heteroatoms. The molecule has 1 unspecified atom stereocenters. The zero-order chi connectivity index (χ0) is 18.1. The lowest BCUT2D eigenvalue weighted by Crippen LogP contribution is -2.33. The molecule has 1 aliphatic heterocycles. The van der Waals surface area contributed by atoms with Crippen LogP contribution in [0.2, 0.25) is 0 Å². The van der Waals surface area contributed by atoms with Gasteiger partial charge in [0, 0.05) is 23.6 Å². The number of rotatable bonds is 4. The van der Waals surface area contributed by atoms with Gasteiger partial charge in [-0.15, -0.1) is 0 Å². The van der Waals surface area contributed by atoms with Crippen LogP contribution in [-0.4, -0.2) is 29.0 Å². The number of aromatic nitrogens is 1. The molecular weight excluding hydrogens is 324 g/mol. The van der Waals surface area contributed by atoms with Crippen LogP contribution < -0.4 is 4.74 Å². The molecule has 0 radical (unpaired) electrons. The van der Waals surface area contributed by atoms with Crippen molar-refractivity contribution in [3.8, 4) is 5.75 Å². The van der Waals surface area contributed by atoms with E-state index in [1.165, 1.54) is 11.1 Å². The Morgan fingerprint density at radius 2 is 1.96 bits per heavy atom. The van der Waals surface area contributed by atoms with Crippen LogP contribution in [0.3, 0.4) is 0 Å². The van der Waals surface area contributed by atoms with Crippen molar-refractivity contribution in [3.05, 3.63) is 65.9 Å². The van der Waals surface area contributed by atoms with Gasteiger partial charge in [0.2, 0.25) is 5.91 Å². The molecule has 2 heterocycles. The minimum atomic E-state index is 0.182. The summed E-state index contributed by atoms with van der Waals surface area (Å²) in [5.74, 6) is 1.02. The largest absolute Gasteiger partial charge is 0.497 e. The first-order valence-corrected chi connectivity index (χ1v) is 9.14. The Morgan fingerprint density at radius 1 is 1.15 bits per heavy atom. The van der Waals surface area contributed by atoms with Crippen molar-refractivity contribution in [2.24, 2.45) is 0 Å². The molecule has 1 saturated heterocycles. The van der Waals surface area contributed by atoms with E-state index >= 15 is 0 Å². The molecule has 1 aliphatic rings. The second-order valence-corrected chi connectivity index (χ2v) is 7.02. The summed E-state index contributed by atoms with van der Waals surface area (Å²) in [6.07, 6.45) is 4.09. The molecule has 0 bridgehead atoms. The molecule has 3 aromatic rings. The third-order valence-electron chi connectivity index (χ3n) is 5.32. The lowest BCUT2D eigenvalue weighted by molar-refractivity contribution is -0.132. The SMILES string of the molecule is COc1ccc2c(ccn2CC(=O)N2CCCC2c2ccc(C)cc2)c1. The fraction of sp³-hybridized carbons (Fsp3) is 0.318. The number of ether oxygens (including phenoxy) is 1. The van der Waals surface area contributed by atoms with E-state index in [2.05, 4.69) is 31.2 Å². The highest BCUT2D eigenvalue weighted by Gasteiger charge is 2.29. The van der Waals surface area contributed by atoms with Crippen LogP contribution in [0.25, 0.3) is 10.9 Å². The average molecular weight is 348 g/mol. The standard InChI is InChI=1S/C22H24N2O2/c1-16-5-7-17(8-6-16)21-4-3-12-24(21)22(25)15-23-13-11-18-14-19(26-2)9-10-20(18)23/h5-11,13-14,21H,3-4,12,15H2,1-2H3. The molecule has 1 atom stereocenters. The average Bonchev–Trinajstić information content (AvgIpc) is 3.29. The fourth-order valence-electron chi connectivity index (χ4n) is 3.88. The number of hydrogen-bond acceptors (Lipinski definition) is 2. The lowest BCUT2D eigenvalue weighted by atomic mass is 10.0. The monoisotopic (exact) mass is 348 g/mol. The molecule has 0 aliphatic carbocycles. The number of amides is 1. The number of methoxy groups -OCH3 is 1. The van der Waals surface area contributed by atoms with Crippen LogP contribution in [0.5, 0.6) is 5.75 Å². The first-order valence-electron chi connectivity index (χ1n) is 9.14. The first-order chi connectivity index (χ1) is 12.7. The van der Waals surface area contributed by atoms with Crippen molar-refractivity contribution in [2.45, 2.75) is 32.4 Å². The zero-order valence-corrected chi connectivity index (χ0v) is 15.3. The van der Waals surface area contributed by atoms with E-state index in [0.717, 1.165) is 36.0 Å². The summed E-state index contributed by atoms with van der Waals surface area (Å²) >= 11 is 0. The summed E-state index contributed by atoms with van der Waals surface area (Å²) in [7, 11) is 1.67. The third kappa shape index (κ3) is 3.07. The number of carbonyl (C=O) groups is 1. The highest BCUT2D eigenvalue weighted by atomic mass is 16.5. The van der Waals surface area contributed by atoms with Crippen LogP contribution in [0.4, 0.5) is 0 Å². The highest BCUT2D eigenvalue weighted by Crippen LogP contribution is 2.32. The van der Waals surface area contributed by atoms with Gasteiger partial charge in [-0.25, -0.2) is 0 Å². The Balaban J connectivity index is 1.55. The fourth-order valence-corrected chi connectivity index (χ4v) is 3.88. The van der Waals surface area contributed by atoms with E-state index in [1.54, 1.807) is 7.11 Å². The molecule has 134 valence electrons. The molecule has 0 saturated carbocycles. The summed E-state index contributed by atoms with van der Waals surface area (Å²) in [6, 6.07) is 16.8. The second-order valence-electron chi connectivity index (χ2n) is 7.02. The third-order valence-corrected chi connectivity index (χ3v) is 5.32. The number of nitrogens with zero attached hydrogens (tertiary/aromatic N) is 2. The predicted octanol–water partition coefficient (Wildman–Crippen LogP) is 4.32. The van der Waals surface area contributed by atoms with Crippen LogP contribution in [0.15, 0.2) is 54.7 Å². The van der Waals surface area contributed by atoms with Crippen LogP contribution in [0.1, 0.15) is 30.0 Å². The van der Waals surface area contributed by atoms with Gasteiger partial charge in [0.25, 0.3) is 0 Å². The molecule has 1 fully saturated rings. The van der Waals surface area contributed by atoms with Gasteiger partial charge in [-0.05, 0) is 49.6 Å². The zero-order valence-electron chi connectivity index (χ0n) is 15.3. The van der Waals surface area contributed by atoms with Gasteiger partial charge in [-0.2, -0.15) is 0 Å². The quantitative estimate of drug-likeness (QED) is 0.704. The summed E-state index contributed by atoms with van der Waals surface area (Å²) in [4.78, 5) is 15.1. The first kappa shape index (κ1) is 16.7. The second kappa shape index (κ2) is 6.87. The lowest BCUT2D eigenvalue weighted by Gasteiger charge is -2.25. The van der Waals surface area contributed by atoms with Gasteiger partial charge in [0.05, 0.1) is 13.2 Å². The smallest absolute Gasteiger partial charge is 0.243 e.